The monoisotopic (exact) mass is 543 g/mol. The van der Waals surface area contributed by atoms with Crippen LogP contribution in [-0.4, -0.2) is 42.2 Å². The van der Waals surface area contributed by atoms with Crippen LogP contribution in [0.15, 0.2) is 81.5 Å². The predicted octanol–water partition coefficient (Wildman–Crippen LogP) is 7.01. The lowest BCUT2D eigenvalue weighted by Crippen LogP contribution is -2.64. The summed E-state index contributed by atoms with van der Waals surface area (Å²) < 4.78 is 8.34. The van der Waals surface area contributed by atoms with E-state index in [2.05, 4.69) is 57.7 Å². The number of nitrogens with zero attached hydrogens (tertiary/aromatic N) is 2. The first-order valence-corrected chi connectivity index (χ1v) is 14.1. The van der Waals surface area contributed by atoms with Crippen molar-refractivity contribution in [2.75, 3.05) is 30.4 Å². The number of para-hydroxylation sites is 1. The summed E-state index contributed by atoms with van der Waals surface area (Å²) in [5.41, 5.74) is 0.872. The van der Waals surface area contributed by atoms with E-state index in [1.807, 2.05) is 42.1 Å². The molecule has 4 nitrogen and oxygen atoms in total. The Morgan fingerprint density at radius 2 is 1.79 bits per heavy atom. The molecule has 3 aliphatic rings. The molecule has 2 bridgehead atoms. The van der Waals surface area contributed by atoms with E-state index < -0.39 is 0 Å². The van der Waals surface area contributed by atoms with Gasteiger partial charge in [-0.1, -0.05) is 48.2 Å². The van der Waals surface area contributed by atoms with Gasteiger partial charge in [0.1, 0.15) is 12.4 Å². The number of thiophene rings is 1. The van der Waals surface area contributed by atoms with Crippen molar-refractivity contribution in [1.82, 2.24) is 0 Å². The van der Waals surface area contributed by atoms with Gasteiger partial charge in [0.2, 0.25) is 0 Å². The fourth-order valence-electron chi connectivity index (χ4n) is 4.92. The number of hydrogen-bond donors (Lipinski definition) is 0. The third-order valence-corrected chi connectivity index (χ3v) is 9.73. The zero-order chi connectivity index (χ0) is 22.7. The van der Waals surface area contributed by atoms with Gasteiger partial charge >= 0.3 is 6.09 Å². The summed E-state index contributed by atoms with van der Waals surface area (Å²) in [6.07, 6.45) is 2.02. The fourth-order valence-corrected chi connectivity index (χ4v) is 7.49. The van der Waals surface area contributed by atoms with Gasteiger partial charge in [-0.15, -0.1) is 11.3 Å². The highest BCUT2D eigenvalue weighted by Gasteiger charge is 2.48. The van der Waals surface area contributed by atoms with E-state index in [4.69, 9.17) is 4.74 Å². The van der Waals surface area contributed by atoms with Crippen molar-refractivity contribution < 1.29 is 14.0 Å². The molecule has 0 radical (unpaired) electrons. The topological polar surface area (TPSA) is 29.5 Å². The lowest BCUT2D eigenvalue weighted by Gasteiger charge is -2.51. The average Bonchev–Trinajstić information content (AvgIpc) is 3.28. The molecular formula is C26H28BrN2O2S2+. The summed E-state index contributed by atoms with van der Waals surface area (Å²) >= 11 is 7.10. The van der Waals surface area contributed by atoms with Crippen LogP contribution in [0.2, 0.25) is 0 Å². The van der Waals surface area contributed by atoms with Crippen molar-refractivity contribution >= 4 is 50.8 Å². The number of halogens is 1. The summed E-state index contributed by atoms with van der Waals surface area (Å²) in [6.45, 7) is 3.80. The van der Waals surface area contributed by atoms with Gasteiger partial charge in [0.25, 0.3) is 0 Å². The maximum absolute atomic E-state index is 13.5. The smallest absolute Gasteiger partial charge is 0.415 e. The van der Waals surface area contributed by atoms with Crippen molar-refractivity contribution in [2.24, 2.45) is 5.92 Å². The van der Waals surface area contributed by atoms with Gasteiger partial charge in [-0.05, 0) is 46.3 Å². The second-order valence-electron chi connectivity index (χ2n) is 8.97. The van der Waals surface area contributed by atoms with Crippen LogP contribution in [0.4, 0.5) is 10.5 Å². The molecule has 172 valence electrons. The van der Waals surface area contributed by atoms with Gasteiger partial charge in [0.15, 0.2) is 6.10 Å². The first-order chi connectivity index (χ1) is 16.1. The molecule has 1 aromatic heterocycles. The number of quaternary nitrogens is 1. The van der Waals surface area contributed by atoms with Crippen LogP contribution < -0.4 is 4.90 Å². The number of fused-ring (bicyclic) bond motifs is 3. The first-order valence-electron chi connectivity index (χ1n) is 11.4. The molecule has 7 heteroatoms. The SMILES string of the molecule is O=C(O[C@H]1C[N+]2(CSc3ccccc3)CCC1CC2)N(Cc1cc(Br)cs1)c1ccccc1. The Bertz CT molecular complexity index is 1070. The van der Waals surface area contributed by atoms with Crippen molar-refractivity contribution in [1.29, 1.82) is 0 Å². The van der Waals surface area contributed by atoms with Crippen LogP contribution in [0.5, 0.6) is 0 Å². The summed E-state index contributed by atoms with van der Waals surface area (Å²) in [5, 5.41) is 2.05. The van der Waals surface area contributed by atoms with E-state index >= 15 is 0 Å². The average molecular weight is 545 g/mol. The molecular weight excluding hydrogens is 516 g/mol. The lowest BCUT2D eigenvalue weighted by molar-refractivity contribution is -0.934. The van der Waals surface area contributed by atoms with Crippen LogP contribution in [-0.2, 0) is 11.3 Å². The largest absolute Gasteiger partial charge is 0.440 e. The number of thioether (sulfide) groups is 1. The predicted molar refractivity (Wildman–Crippen MR) is 140 cm³/mol. The Morgan fingerprint density at radius 3 is 2.45 bits per heavy atom. The Labute approximate surface area is 212 Å². The van der Waals surface area contributed by atoms with Crippen molar-refractivity contribution in [3.63, 3.8) is 0 Å². The van der Waals surface area contributed by atoms with E-state index in [-0.39, 0.29) is 12.2 Å². The molecule has 0 aliphatic carbocycles. The summed E-state index contributed by atoms with van der Waals surface area (Å²) in [4.78, 5) is 17.7. The van der Waals surface area contributed by atoms with Crippen molar-refractivity contribution in [2.45, 2.75) is 30.4 Å². The Hall–Kier alpha value is -1.80. The third-order valence-electron chi connectivity index (χ3n) is 6.77. The van der Waals surface area contributed by atoms with Crippen LogP contribution in [0.3, 0.4) is 0 Å². The number of amides is 1. The third kappa shape index (κ3) is 5.48. The highest BCUT2D eigenvalue weighted by molar-refractivity contribution is 9.10. The quantitative estimate of drug-likeness (QED) is 0.237. The molecule has 6 rings (SSSR count). The zero-order valence-corrected chi connectivity index (χ0v) is 21.7. The maximum atomic E-state index is 13.5. The molecule has 2 aromatic carbocycles. The van der Waals surface area contributed by atoms with Gasteiger partial charge in [0.05, 0.1) is 19.6 Å². The minimum atomic E-state index is -0.238. The van der Waals surface area contributed by atoms with Crippen LogP contribution in [0.1, 0.15) is 17.7 Å². The number of carbonyl (C=O) groups excluding carboxylic acids is 1. The molecule has 3 aliphatic heterocycles. The van der Waals surface area contributed by atoms with Crippen LogP contribution in [0, 0.1) is 5.92 Å². The van der Waals surface area contributed by atoms with Crippen molar-refractivity contribution in [3.05, 3.63) is 81.5 Å². The molecule has 33 heavy (non-hydrogen) atoms. The molecule has 0 N–H and O–H groups in total. The van der Waals surface area contributed by atoms with Crippen LogP contribution in [0.25, 0.3) is 0 Å². The van der Waals surface area contributed by atoms with Crippen LogP contribution >= 0.6 is 39.0 Å². The molecule has 0 spiro atoms. The number of benzene rings is 2. The summed E-state index contributed by atoms with van der Waals surface area (Å²) in [5.74, 6) is 1.51. The maximum Gasteiger partial charge on any atom is 0.415 e. The molecule has 1 amide bonds. The second kappa shape index (κ2) is 10.2. The molecule has 3 aromatic rings. The Morgan fingerprint density at radius 1 is 1.09 bits per heavy atom. The van der Waals surface area contributed by atoms with E-state index in [9.17, 15) is 4.79 Å². The highest BCUT2D eigenvalue weighted by atomic mass is 79.9. The first kappa shape index (κ1) is 23.0. The van der Waals surface area contributed by atoms with Gasteiger partial charge in [-0.3, -0.25) is 4.90 Å². The van der Waals surface area contributed by atoms with Gasteiger partial charge in [0, 0.05) is 44.1 Å². The van der Waals surface area contributed by atoms with Crippen molar-refractivity contribution in [3.8, 4) is 0 Å². The molecule has 1 atom stereocenters. The van der Waals surface area contributed by atoms with Gasteiger partial charge in [-0.25, -0.2) is 4.79 Å². The summed E-state index contributed by atoms with van der Waals surface area (Å²) in [6, 6.07) is 22.5. The van der Waals surface area contributed by atoms with Gasteiger partial charge < -0.3 is 9.22 Å². The minimum absolute atomic E-state index is 0.0161. The van der Waals surface area contributed by atoms with E-state index in [1.165, 1.54) is 18.0 Å². The normalized spacial score (nSPS) is 23.9. The molecule has 0 unspecified atom stereocenters. The number of rotatable bonds is 7. The lowest BCUT2D eigenvalue weighted by atomic mass is 9.84. The molecule has 0 saturated carbocycles. The van der Waals surface area contributed by atoms with E-state index in [1.54, 1.807) is 16.2 Å². The molecule has 4 heterocycles. The van der Waals surface area contributed by atoms with E-state index in [0.29, 0.717) is 12.5 Å². The van der Waals surface area contributed by atoms with E-state index in [0.717, 1.165) is 44.8 Å². The number of anilines is 1. The zero-order valence-electron chi connectivity index (χ0n) is 18.4. The Balaban J connectivity index is 1.28. The number of hydrogen-bond acceptors (Lipinski definition) is 4. The molecule has 3 saturated heterocycles. The molecule has 3 fully saturated rings. The number of ether oxygens (including phenoxy) is 1. The Kier molecular flexibility index (Phi) is 7.11. The minimum Gasteiger partial charge on any atom is -0.440 e. The second-order valence-corrected chi connectivity index (χ2v) is 11.9. The summed E-state index contributed by atoms with van der Waals surface area (Å²) in [7, 11) is 0. The van der Waals surface area contributed by atoms with Gasteiger partial charge in [-0.2, -0.15) is 0 Å². The number of piperidine rings is 3. The standard InChI is InChI=1S/C26H28BrN2O2S2/c27-21-15-24(32-18-21)16-28(22-7-3-1-4-8-22)26(30)31-25-17-29(13-11-20(25)12-14-29)19-33-23-9-5-2-6-10-23/h1-10,15,18,20,25H,11-14,16-17,19H2/q+1/t20?,25-,29?/m0/s1. The highest BCUT2D eigenvalue weighted by Crippen LogP contribution is 2.38. The number of carbonyl (C=O) groups is 1. The fraction of sp³-hybridized carbons (Fsp3) is 0.346.